The SMILES string of the molecule is CC(C)NCCOc1ncc(-c2cc3c4c(cnc3cc2F)N(C)C(=O)C42CC(Nc3ccc(Cl)cc3)C2)cc1NS(C)(=O)=O.Cl. The molecule has 1 amide bonds. The van der Waals surface area contributed by atoms with Crippen molar-refractivity contribution in [1.29, 1.82) is 0 Å². The van der Waals surface area contributed by atoms with Crippen LogP contribution in [0.1, 0.15) is 32.3 Å². The van der Waals surface area contributed by atoms with Crippen molar-refractivity contribution in [3.8, 4) is 17.0 Å². The first-order chi connectivity index (χ1) is 21.3. The number of nitrogens with zero attached hydrogens (tertiary/aromatic N) is 3. The fourth-order valence-electron chi connectivity index (χ4n) is 6.25. The van der Waals surface area contributed by atoms with Gasteiger partial charge in [-0.15, -0.1) is 12.4 Å². The smallest absolute Gasteiger partial charge is 0.238 e. The summed E-state index contributed by atoms with van der Waals surface area (Å²) >= 11 is 6.04. The molecule has 2 aliphatic rings. The molecule has 2 aromatic heterocycles. The topological polar surface area (TPSA) is 126 Å². The molecule has 0 radical (unpaired) electrons. The van der Waals surface area contributed by atoms with Crippen LogP contribution in [-0.2, 0) is 20.2 Å². The molecule has 244 valence electrons. The van der Waals surface area contributed by atoms with Gasteiger partial charge in [0.1, 0.15) is 18.1 Å². The van der Waals surface area contributed by atoms with Gasteiger partial charge in [-0.25, -0.2) is 17.8 Å². The van der Waals surface area contributed by atoms with Crippen LogP contribution in [0.5, 0.6) is 5.88 Å². The minimum Gasteiger partial charge on any atom is -0.475 e. The van der Waals surface area contributed by atoms with Crippen LogP contribution in [0.15, 0.2) is 54.9 Å². The number of carbonyl (C=O) groups excluding carboxylic acids is 1. The van der Waals surface area contributed by atoms with Gasteiger partial charge in [-0.05, 0) is 49.2 Å². The number of ether oxygens (including phenoxy) is 1. The Kier molecular flexibility index (Phi) is 9.38. The molecule has 0 saturated heterocycles. The average molecular weight is 690 g/mol. The van der Waals surface area contributed by atoms with Crippen LogP contribution in [0.4, 0.5) is 21.5 Å². The second-order valence-corrected chi connectivity index (χ2v) is 14.2. The van der Waals surface area contributed by atoms with Crippen LogP contribution < -0.4 is 25.0 Å². The number of pyridine rings is 2. The maximum absolute atomic E-state index is 15.7. The highest BCUT2D eigenvalue weighted by molar-refractivity contribution is 7.92. The molecule has 46 heavy (non-hydrogen) atoms. The van der Waals surface area contributed by atoms with Crippen molar-refractivity contribution in [2.75, 3.05) is 41.4 Å². The third-order valence-electron chi connectivity index (χ3n) is 8.25. The molecule has 4 aromatic rings. The normalized spacial score (nSPS) is 18.8. The third kappa shape index (κ3) is 6.44. The van der Waals surface area contributed by atoms with E-state index in [1.165, 1.54) is 18.3 Å². The number of rotatable bonds is 10. The lowest BCUT2D eigenvalue weighted by Gasteiger charge is -2.45. The number of likely N-dealkylation sites (N-methyl/N-ethyl adjacent to an activating group) is 1. The maximum atomic E-state index is 15.7. The number of nitrogens with one attached hydrogen (secondary N) is 3. The Morgan fingerprint density at radius 1 is 1.13 bits per heavy atom. The molecule has 2 aromatic carbocycles. The highest BCUT2D eigenvalue weighted by Gasteiger charge is 2.58. The number of hydrogen-bond acceptors (Lipinski definition) is 8. The molecule has 14 heteroatoms. The molecule has 10 nitrogen and oxygen atoms in total. The molecule has 1 spiro atoms. The minimum absolute atomic E-state index is 0. The summed E-state index contributed by atoms with van der Waals surface area (Å²) in [4.78, 5) is 24.2. The van der Waals surface area contributed by atoms with Crippen LogP contribution in [0.3, 0.4) is 0 Å². The van der Waals surface area contributed by atoms with Gasteiger partial charge >= 0.3 is 0 Å². The molecule has 1 saturated carbocycles. The molecule has 0 bridgehead atoms. The number of sulfonamides is 1. The van der Waals surface area contributed by atoms with Crippen molar-refractivity contribution in [1.82, 2.24) is 15.3 Å². The van der Waals surface area contributed by atoms with Crippen LogP contribution in [0.2, 0.25) is 5.02 Å². The van der Waals surface area contributed by atoms with Gasteiger partial charge in [-0.1, -0.05) is 25.4 Å². The molecule has 1 aliphatic heterocycles. The Morgan fingerprint density at radius 3 is 2.52 bits per heavy atom. The monoisotopic (exact) mass is 688 g/mol. The highest BCUT2D eigenvalue weighted by atomic mass is 35.5. The fraction of sp³-hybridized carbons (Fsp3) is 0.344. The van der Waals surface area contributed by atoms with E-state index in [1.54, 1.807) is 24.2 Å². The van der Waals surface area contributed by atoms with E-state index >= 15 is 4.39 Å². The summed E-state index contributed by atoms with van der Waals surface area (Å²) in [5.74, 6) is -0.501. The largest absolute Gasteiger partial charge is 0.475 e. The number of anilines is 3. The Bertz CT molecular complexity index is 1900. The molecular weight excluding hydrogens is 654 g/mol. The lowest BCUT2D eigenvalue weighted by molar-refractivity contribution is -0.126. The molecule has 1 fully saturated rings. The van der Waals surface area contributed by atoms with Gasteiger partial charge in [0.05, 0.1) is 29.1 Å². The first kappa shape index (κ1) is 33.6. The standard InChI is InChI=1S/C32H34ClFN6O4S.ClH/c1-18(2)35-9-10-44-30-27(39-45(4,42)43)11-19(16-37-30)23-12-24-26(13-25(23)34)36-17-28-29(24)32(31(41)40(28)3)14-22(15-32)38-21-7-5-20(33)6-8-21;/h5-8,11-13,16-18,22,35,38-39H,9-10,14-15H2,1-4H3;1H. The van der Waals surface area contributed by atoms with Crippen molar-refractivity contribution in [2.45, 2.75) is 44.2 Å². The summed E-state index contributed by atoms with van der Waals surface area (Å²) in [5.41, 5.74) is 2.69. The first-order valence-electron chi connectivity index (χ1n) is 14.6. The van der Waals surface area contributed by atoms with Crippen molar-refractivity contribution in [3.63, 3.8) is 0 Å². The lowest BCUT2D eigenvalue weighted by atomic mass is 9.61. The second-order valence-electron chi connectivity index (χ2n) is 12.0. The Balaban J connectivity index is 0.00000417. The average Bonchev–Trinajstić information content (AvgIpc) is 3.18. The predicted molar refractivity (Wildman–Crippen MR) is 182 cm³/mol. The van der Waals surface area contributed by atoms with E-state index in [-0.39, 0.29) is 54.1 Å². The molecule has 0 atom stereocenters. The summed E-state index contributed by atoms with van der Waals surface area (Å²) in [7, 11) is -1.96. The molecule has 3 N–H and O–H groups in total. The number of benzene rings is 2. The second kappa shape index (κ2) is 12.8. The van der Waals surface area contributed by atoms with Crippen molar-refractivity contribution in [3.05, 3.63) is 71.3 Å². The number of fused-ring (bicyclic) bond motifs is 4. The van der Waals surface area contributed by atoms with E-state index in [4.69, 9.17) is 16.3 Å². The fourth-order valence-corrected chi connectivity index (χ4v) is 6.92. The Labute approximate surface area is 278 Å². The minimum atomic E-state index is -3.69. The van der Waals surface area contributed by atoms with Crippen LogP contribution >= 0.6 is 24.0 Å². The molecule has 3 heterocycles. The number of hydrogen-bond donors (Lipinski definition) is 3. The number of aromatic nitrogens is 2. The number of halogens is 3. The summed E-state index contributed by atoms with van der Waals surface area (Å²) in [6, 6.07) is 12.3. The van der Waals surface area contributed by atoms with Gasteiger partial charge in [0.2, 0.25) is 21.8 Å². The Hall–Kier alpha value is -3.71. The molecule has 1 aliphatic carbocycles. The third-order valence-corrected chi connectivity index (χ3v) is 9.09. The quantitative estimate of drug-likeness (QED) is 0.180. The number of amides is 1. The van der Waals surface area contributed by atoms with Gasteiger partial charge < -0.3 is 20.3 Å². The molecular formula is C32H35Cl2FN6O4S. The van der Waals surface area contributed by atoms with Crippen LogP contribution in [0.25, 0.3) is 22.0 Å². The summed E-state index contributed by atoms with van der Waals surface area (Å²) in [5, 5.41) is 8.01. The van der Waals surface area contributed by atoms with Gasteiger partial charge in [0.25, 0.3) is 0 Å². The highest BCUT2D eigenvalue weighted by Crippen LogP contribution is 2.56. The van der Waals surface area contributed by atoms with E-state index in [0.29, 0.717) is 46.6 Å². The van der Waals surface area contributed by atoms with Crippen LogP contribution in [-0.4, -0.2) is 62.8 Å². The summed E-state index contributed by atoms with van der Waals surface area (Å²) in [6.45, 7) is 4.79. The van der Waals surface area contributed by atoms with E-state index in [9.17, 15) is 13.2 Å². The van der Waals surface area contributed by atoms with Gasteiger partial charge in [-0.3, -0.25) is 14.5 Å². The van der Waals surface area contributed by atoms with Crippen LogP contribution in [0, 0.1) is 5.82 Å². The van der Waals surface area contributed by atoms with Gasteiger partial charge in [0, 0.05) is 70.7 Å². The zero-order valence-electron chi connectivity index (χ0n) is 25.7. The zero-order valence-corrected chi connectivity index (χ0v) is 28.1. The van der Waals surface area contributed by atoms with Gasteiger partial charge in [0.15, 0.2) is 0 Å². The predicted octanol–water partition coefficient (Wildman–Crippen LogP) is 5.75. The first-order valence-corrected chi connectivity index (χ1v) is 16.9. The Morgan fingerprint density at radius 2 is 1.85 bits per heavy atom. The lowest BCUT2D eigenvalue weighted by Crippen LogP contribution is -2.53. The maximum Gasteiger partial charge on any atom is 0.238 e. The molecule has 6 rings (SSSR count). The van der Waals surface area contributed by atoms with Crippen molar-refractivity contribution >= 4 is 67.9 Å². The van der Waals surface area contributed by atoms with Crippen molar-refractivity contribution in [2.24, 2.45) is 0 Å². The summed E-state index contributed by atoms with van der Waals surface area (Å²) in [6.07, 6.45) is 5.20. The van der Waals surface area contributed by atoms with E-state index in [0.717, 1.165) is 17.5 Å². The van der Waals surface area contributed by atoms with Gasteiger partial charge in [-0.2, -0.15) is 0 Å². The van der Waals surface area contributed by atoms with E-state index < -0.39 is 21.3 Å². The van der Waals surface area contributed by atoms with Crippen molar-refractivity contribution < 1.29 is 22.3 Å². The molecule has 0 unspecified atom stereocenters. The zero-order chi connectivity index (χ0) is 32.1. The van der Waals surface area contributed by atoms with E-state index in [2.05, 4.69) is 25.3 Å². The van der Waals surface area contributed by atoms with E-state index in [1.807, 2.05) is 38.1 Å². The summed E-state index contributed by atoms with van der Waals surface area (Å²) < 4.78 is 48.2. The number of carbonyl (C=O) groups is 1.